The largest absolute Gasteiger partial charge is 0.486 e. The molecular weight excluding hydrogens is 262 g/mol. The second kappa shape index (κ2) is 6.19. The molecule has 0 fully saturated rings. The number of fused-ring (bicyclic) bond motifs is 1. The molecule has 21 heavy (non-hydrogen) atoms. The molecule has 0 aromatic heterocycles. The monoisotopic (exact) mass is 283 g/mol. The molecular formula is C18H21NO2. The molecule has 3 nitrogen and oxygen atoms in total. The Hall–Kier alpha value is -2.00. The minimum absolute atomic E-state index is 0.106. The van der Waals surface area contributed by atoms with E-state index in [1.54, 1.807) is 0 Å². The van der Waals surface area contributed by atoms with Crippen molar-refractivity contribution >= 4 is 0 Å². The number of hydrogen-bond acceptors (Lipinski definition) is 3. The van der Waals surface area contributed by atoms with Crippen molar-refractivity contribution in [3.05, 3.63) is 59.2 Å². The molecule has 2 aromatic rings. The number of nitrogens with two attached hydrogens (primary N) is 1. The zero-order valence-electron chi connectivity index (χ0n) is 12.3. The Bertz CT molecular complexity index is 624. The van der Waals surface area contributed by atoms with Crippen LogP contribution in [0.4, 0.5) is 0 Å². The summed E-state index contributed by atoms with van der Waals surface area (Å²) in [5, 5.41) is 0. The van der Waals surface area contributed by atoms with E-state index in [0.29, 0.717) is 13.2 Å². The fourth-order valence-corrected chi connectivity index (χ4v) is 2.73. The Morgan fingerprint density at radius 3 is 2.43 bits per heavy atom. The van der Waals surface area contributed by atoms with Crippen molar-refractivity contribution in [1.82, 2.24) is 0 Å². The smallest absolute Gasteiger partial charge is 0.161 e. The van der Waals surface area contributed by atoms with Gasteiger partial charge in [0.25, 0.3) is 0 Å². The maximum Gasteiger partial charge on any atom is 0.161 e. The lowest BCUT2D eigenvalue weighted by Gasteiger charge is -2.19. The minimum Gasteiger partial charge on any atom is -0.486 e. The van der Waals surface area contributed by atoms with E-state index in [-0.39, 0.29) is 6.04 Å². The molecule has 1 atom stereocenters. The molecule has 3 rings (SSSR count). The number of benzene rings is 2. The van der Waals surface area contributed by atoms with Crippen LogP contribution in [0.15, 0.2) is 42.5 Å². The maximum atomic E-state index is 6.29. The summed E-state index contributed by atoms with van der Waals surface area (Å²) in [5.74, 6) is 1.67. The zero-order chi connectivity index (χ0) is 14.7. The Kier molecular flexibility index (Phi) is 4.11. The van der Waals surface area contributed by atoms with E-state index in [9.17, 15) is 0 Å². The van der Waals surface area contributed by atoms with E-state index in [0.717, 1.165) is 24.3 Å². The Balaban J connectivity index is 1.65. The third-order valence-electron chi connectivity index (χ3n) is 3.68. The van der Waals surface area contributed by atoms with Crippen LogP contribution in [0.2, 0.25) is 0 Å². The Labute approximate surface area is 125 Å². The first-order chi connectivity index (χ1) is 10.2. The van der Waals surface area contributed by atoms with E-state index >= 15 is 0 Å². The van der Waals surface area contributed by atoms with E-state index in [4.69, 9.17) is 15.2 Å². The van der Waals surface area contributed by atoms with Gasteiger partial charge in [-0.3, -0.25) is 0 Å². The molecule has 0 amide bonds. The summed E-state index contributed by atoms with van der Waals surface area (Å²) >= 11 is 0. The fraction of sp³-hybridized carbons (Fsp3) is 0.333. The molecule has 0 spiro atoms. The predicted octanol–water partition coefficient (Wildman–Crippen LogP) is 2.88. The summed E-state index contributed by atoms with van der Waals surface area (Å²) in [5.41, 5.74) is 10.1. The first kappa shape index (κ1) is 14.0. The minimum atomic E-state index is 0.106. The van der Waals surface area contributed by atoms with Gasteiger partial charge in [0.2, 0.25) is 0 Å². The first-order valence-electron chi connectivity index (χ1n) is 7.40. The highest BCUT2D eigenvalue weighted by Gasteiger charge is 2.13. The van der Waals surface area contributed by atoms with Crippen LogP contribution >= 0.6 is 0 Å². The van der Waals surface area contributed by atoms with Crippen LogP contribution in [0.1, 0.15) is 16.7 Å². The normalized spacial score (nSPS) is 14.8. The zero-order valence-corrected chi connectivity index (χ0v) is 12.3. The highest BCUT2D eigenvalue weighted by Crippen LogP contribution is 2.31. The van der Waals surface area contributed by atoms with Crippen molar-refractivity contribution in [2.45, 2.75) is 25.8 Å². The van der Waals surface area contributed by atoms with Gasteiger partial charge in [-0.1, -0.05) is 35.9 Å². The van der Waals surface area contributed by atoms with Gasteiger partial charge >= 0.3 is 0 Å². The van der Waals surface area contributed by atoms with Crippen molar-refractivity contribution in [3.63, 3.8) is 0 Å². The maximum absolute atomic E-state index is 6.29. The summed E-state index contributed by atoms with van der Waals surface area (Å²) in [6.07, 6.45) is 1.72. The summed E-state index contributed by atoms with van der Waals surface area (Å²) in [6.45, 7) is 3.35. The molecule has 0 saturated carbocycles. The van der Waals surface area contributed by atoms with Crippen molar-refractivity contribution in [3.8, 4) is 11.5 Å². The van der Waals surface area contributed by atoms with Crippen LogP contribution in [0, 0.1) is 6.92 Å². The van der Waals surface area contributed by atoms with Crippen LogP contribution in [-0.4, -0.2) is 19.3 Å². The van der Waals surface area contributed by atoms with E-state index < -0.39 is 0 Å². The molecule has 1 aliphatic rings. The molecule has 0 aliphatic carbocycles. The van der Waals surface area contributed by atoms with Crippen LogP contribution in [-0.2, 0) is 12.8 Å². The van der Waals surface area contributed by atoms with Crippen LogP contribution in [0.5, 0.6) is 11.5 Å². The average Bonchev–Trinajstić information content (AvgIpc) is 2.47. The number of hydrogen-bond donors (Lipinski definition) is 1. The van der Waals surface area contributed by atoms with Gasteiger partial charge in [0.05, 0.1) is 0 Å². The van der Waals surface area contributed by atoms with Crippen LogP contribution in [0.25, 0.3) is 0 Å². The lowest BCUT2D eigenvalue weighted by atomic mass is 9.98. The molecule has 0 bridgehead atoms. The van der Waals surface area contributed by atoms with Gasteiger partial charge in [-0.25, -0.2) is 0 Å². The first-order valence-corrected chi connectivity index (χ1v) is 7.40. The van der Waals surface area contributed by atoms with Gasteiger partial charge in [-0.15, -0.1) is 0 Å². The summed E-state index contributed by atoms with van der Waals surface area (Å²) in [6, 6.07) is 14.7. The molecule has 110 valence electrons. The molecule has 1 unspecified atom stereocenters. The SMILES string of the molecule is Cc1cccc(CC(N)Cc2ccc3c(c2)OCCO3)c1. The Morgan fingerprint density at radius 1 is 0.952 bits per heavy atom. The molecule has 2 aromatic carbocycles. The molecule has 3 heteroatoms. The predicted molar refractivity (Wildman–Crippen MR) is 84.0 cm³/mol. The summed E-state index contributed by atoms with van der Waals surface area (Å²) < 4.78 is 11.1. The molecule has 0 radical (unpaired) electrons. The van der Waals surface area contributed by atoms with Gasteiger partial charge in [-0.05, 0) is 43.0 Å². The second-order valence-electron chi connectivity index (χ2n) is 5.64. The fourth-order valence-electron chi connectivity index (χ4n) is 2.73. The van der Waals surface area contributed by atoms with Gasteiger partial charge < -0.3 is 15.2 Å². The highest BCUT2D eigenvalue weighted by molar-refractivity contribution is 5.44. The van der Waals surface area contributed by atoms with Crippen molar-refractivity contribution in [2.24, 2.45) is 5.73 Å². The van der Waals surface area contributed by atoms with Crippen molar-refractivity contribution in [1.29, 1.82) is 0 Å². The van der Waals surface area contributed by atoms with Crippen molar-refractivity contribution in [2.75, 3.05) is 13.2 Å². The highest BCUT2D eigenvalue weighted by atomic mass is 16.6. The van der Waals surface area contributed by atoms with Gasteiger partial charge in [0.15, 0.2) is 11.5 Å². The van der Waals surface area contributed by atoms with Gasteiger partial charge in [-0.2, -0.15) is 0 Å². The molecule has 1 aliphatic heterocycles. The number of aryl methyl sites for hydroxylation is 1. The lowest BCUT2D eigenvalue weighted by Crippen LogP contribution is -2.25. The number of ether oxygens (including phenoxy) is 2. The summed E-state index contributed by atoms with van der Waals surface area (Å²) in [7, 11) is 0. The van der Waals surface area contributed by atoms with Gasteiger partial charge in [0, 0.05) is 6.04 Å². The lowest BCUT2D eigenvalue weighted by molar-refractivity contribution is 0.171. The molecule has 0 saturated heterocycles. The Morgan fingerprint density at radius 2 is 1.67 bits per heavy atom. The average molecular weight is 283 g/mol. The van der Waals surface area contributed by atoms with Crippen LogP contribution < -0.4 is 15.2 Å². The molecule has 1 heterocycles. The summed E-state index contributed by atoms with van der Waals surface area (Å²) in [4.78, 5) is 0. The van der Waals surface area contributed by atoms with E-state index in [1.165, 1.54) is 16.7 Å². The number of rotatable bonds is 4. The quantitative estimate of drug-likeness (QED) is 0.938. The van der Waals surface area contributed by atoms with E-state index in [1.807, 2.05) is 12.1 Å². The third kappa shape index (κ3) is 3.56. The third-order valence-corrected chi connectivity index (χ3v) is 3.68. The topological polar surface area (TPSA) is 44.5 Å². The standard InChI is InChI=1S/C18H21NO2/c1-13-3-2-4-14(9-13)10-16(19)11-15-5-6-17-18(12-15)21-8-7-20-17/h2-6,9,12,16H,7-8,10-11,19H2,1H3. The van der Waals surface area contributed by atoms with E-state index in [2.05, 4.69) is 37.3 Å². The second-order valence-corrected chi connectivity index (χ2v) is 5.64. The van der Waals surface area contributed by atoms with Crippen molar-refractivity contribution < 1.29 is 9.47 Å². The van der Waals surface area contributed by atoms with Gasteiger partial charge in [0.1, 0.15) is 13.2 Å². The van der Waals surface area contributed by atoms with Crippen LogP contribution in [0.3, 0.4) is 0 Å². The molecule has 2 N–H and O–H groups in total.